The van der Waals surface area contributed by atoms with E-state index in [1.165, 1.54) is 6.42 Å². The average Bonchev–Trinajstić information content (AvgIpc) is 3.58. The predicted octanol–water partition coefficient (Wildman–Crippen LogP) is 5.11. The van der Waals surface area contributed by atoms with Crippen molar-refractivity contribution in [1.82, 2.24) is 15.1 Å². The summed E-state index contributed by atoms with van der Waals surface area (Å²) >= 11 is 0. The first-order valence-electron chi connectivity index (χ1n) is 17.7. The molecular weight excluding hydrogens is 601 g/mol. The van der Waals surface area contributed by atoms with Crippen LogP contribution in [0.5, 0.6) is 0 Å². The topological polar surface area (TPSA) is 87.1 Å². The Balaban J connectivity index is 1.03. The molecule has 1 aromatic rings. The molecule has 1 unspecified atom stereocenters. The number of ether oxygens (including phenoxy) is 1. The Morgan fingerprint density at radius 2 is 1.96 bits per heavy atom. The first-order chi connectivity index (χ1) is 22.2. The van der Waals surface area contributed by atoms with Gasteiger partial charge in [0, 0.05) is 38.1 Å². The SMILES string of the molecule is CC1(C)[C@@H]2C[C@H]3OB([C@H](Cc4ccccc4)NC(=O)C[C@@H]4CN(CC(C#N)CCC(C)(C)N5CCC(F)(F)C5)CCO4)O[C@@]3(C)[C@H]1C2. The van der Waals surface area contributed by atoms with Gasteiger partial charge in [-0.05, 0) is 75.7 Å². The van der Waals surface area contributed by atoms with Crippen molar-refractivity contribution in [1.29, 1.82) is 5.26 Å². The van der Waals surface area contributed by atoms with Crippen molar-refractivity contribution in [2.24, 2.45) is 23.2 Å². The van der Waals surface area contributed by atoms with E-state index in [2.05, 4.69) is 49.2 Å². The van der Waals surface area contributed by atoms with E-state index in [1.807, 2.05) is 36.9 Å². The van der Waals surface area contributed by atoms with Crippen LogP contribution in [0.25, 0.3) is 0 Å². The zero-order valence-corrected chi connectivity index (χ0v) is 28.9. The second-order valence-electron chi connectivity index (χ2n) is 16.4. The van der Waals surface area contributed by atoms with Crippen molar-refractivity contribution in [3.8, 4) is 6.07 Å². The Bertz CT molecular complexity index is 1310. The van der Waals surface area contributed by atoms with Crippen molar-refractivity contribution < 1.29 is 27.6 Å². The molecule has 0 radical (unpaired) electrons. The number of amides is 1. The van der Waals surface area contributed by atoms with Gasteiger partial charge >= 0.3 is 7.12 Å². The number of hydrogen-bond donors (Lipinski definition) is 1. The summed E-state index contributed by atoms with van der Waals surface area (Å²) < 4.78 is 47.1. The molecule has 6 fully saturated rings. The molecule has 11 heteroatoms. The number of nitrogens with one attached hydrogen (secondary N) is 1. The quantitative estimate of drug-likeness (QED) is 0.314. The lowest BCUT2D eigenvalue weighted by Gasteiger charge is -2.64. The lowest BCUT2D eigenvalue weighted by atomic mass is 9.43. The minimum Gasteiger partial charge on any atom is -0.404 e. The summed E-state index contributed by atoms with van der Waals surface area (Å²) in [4.78, 5) is 17.6. The van der Waals surface area contributed by atoms with Crippen molar-refractivity contribution in [2.45, 2.75) is 115 Å². The summed E-state index contributed by atoms with van der Waals surface area (Å²) in [6.45, 7) is 13.4. The number of nitrogens with zero attached hydrogens (tertiary/aromatic N) is 3. The monoisotopic (exact) mass is 654 g/mol. The highest BCUT2D eigenvalue weighted by atomic mass is 19.3. The van der Waals surface area contributed by atoms with E-state index in [9.17, 15) is 18.8 Å². The Morgan fingerprint density at radius 3 is 2.64 bits per heavy atom. The molecule has 2 bridgehead atoms. The number of halogens is 2. The van der Waals surface area contributed by atoms with Crippen LogP contribution in [0.3, 0.4) is 0 Å². The minimum atomic E-state index is -2.63. The molecule has 3 heterocycles. The molecule has 8 nitrogen and oxygen atoms in total. The summed E-state index contributed by atoms with van der Waals surface area (Å²) in [6.07, 6.45) is 3.91. The Kier molecular flexibility index (Phi) is 9.85. The lowest BCUT2D eigenvalue weighted by Crippen LogP contribution is -2.65. The molecule has 258 valence electrons. The van der Waals surface area contributed by atoms with Crippen LogP contribution in [0.1, 0.15) is 78.7 Å². The third-order valence-electron chi connectivity index (χ3n) is 12.4. The number of carbonyl (C=O) groups is 1. The second-order valence-corrected chi connectivity index (χ2v) is 16.4. The van der Waals surface area contributed by atoms with Crippen molar-refractivity contribution in [2.75, 3.05) is 39.3 Å². The average molecular weight is 655 g/mol. The maximum absolute atomic E-state index is 13.8. The smallest absolute Gasteiger partial charge is 0.404 e. The Labute approximate surface area is 280 Å². The molecule has 47 heavy (non-hydrogen) atoms. The number of alkyl halides is 2. The molecule has 0 spiro atoms. The molecule has 1 aromatic carbocycles. The highest BCUT2D eigenvalue weighted by molar-refractivity contribution is 6.48. The summed E-state index contributed by atoms with van der Waals surface area (Å²) in [5.74, 6) is -2.21. The van der Waals surface area contributed by atoms with E-state index >= 15 is 0 Å². The number of nitriles is 1. The highest BCUT2D eigenvalue weighted by Crippen LogP contribution is 2.65. The molecular formula is C36H53BF2N4O4. The van der Waals surface area contributed by atoms with Gasteiger partial charge in [0.05, 0.1) is 55.3 Å². The maximum Gasteiger partial charge on any atom is 0.482 e. The van der Waals surface area contributed by atoms with E-state index in [4.69, 9.17) is 14.0 Å². The number of hydrogen-bond acceptors (Lipinski definition) is 7. The first-order valence-corrected chi connectivity index (χ1v) is 17.7. The van der Waals surface area contributed by atoms with E-state index in [0.717, 1.165) is 12.0 Å². The van der Waals surface area contributed by atoms with Gasteiger partial charge in [-0.15, -0.1) is 0 Å². The standard InChI is InChI=1S/C36H53BF2N4O4/c1-33(2,43-14-13-36(38,39)24-43)12-11-26(21-40)22-42-15-16-45-28(23-42)20-32(44)41-31(17-25-9-7-6-8-10-25)37-46-30-19-27-18-29(34(27,3)4)35(30,5)47-37/h6-10,26-31H,11-20,22-24H2,1-5H3,(H,41,44)/t26?,27-,28+,29-,30+,31-,35-/m0/s1. The van der Waals surface area contributed by atoms with E-state index in [1.54, 1.807) is 0 Å². The molecule has 1 amide bonds. The van der Waals surface area contributed by atoms with Crippen LogP contribution in [0.4, 0.5) is 8.78 Å². The first kappa shape index (κ1) is 34.8. The van der Waals surface area contributed by atoms with Gasteiger partial charge in [0.25, 0.3) is 5.92 Å². The molecule has 3 saturated heterocycles. The maximum atomic E-state index is 13.8. The van der Waals surface area contributed by atoms with Crippen LogP contribution in [0.15, 0.2) is 30.3 Å². The molecule has 3 saturated carbocycles. The largest absolute Gasteiger partial charge is 0.482 e. The summed E-state index contributed by atoms with van der Waals surface area (Å²) in [7, 11) is -0.527. The highest BCUT2D eigenvalue weighted by Gasteiger charge is 2.68. The molecule has 1 N–H and O–H groups in total. The lowest BCUT2D eigenvalue weighted by molar-refractivity contribution is -0.199. The van der Waals surface area contributed by atoms with Gasteiger partial charge in [-0.1, -0.05) is 44.2 Å². The van der Waals surface area contributed by atoms with Crippen LogP contribution in [0.2, 0.25) is 0 Å². The summed E-state index contributed by atoms with van der Waals surface area (Å²) in [5, 5.41) is 13.2. The van der Waals surface area contributed by atoms with Gasteiger partial charge in [-0.2, -0.15) is 5.26 Å². The van der Waals surface area contributed by atoms with Gasteiger partial charge < -0.3 is 19.4 Å². The van der Waals surface area contributed by atoms with Crippen LogP contribution < -0.4 is 5.32 Å². The molecule has 3 aliphatic heterocycles. The third kappa shape index (κ3) is 7.42. The van der Waals surface area contributed by atoms with Gasteiger partial charge in [-0.25, -0.2) is 8.78 Å². The second kappa shape index (κ2) is 13.3. The summed E-state index contributed by atoms with van der Waals surface area (Å²) in [6, 6.07) is 12.6. The number of morpholine rings is 1. The third-order valence-corrected chi connectivity index (χ3v) is 12.4. The number of likely N-dealkylation sites (tertiary alicyclic amines) is 1. The minimum absolute atomic E-state index is 0.0321. The molecule has 0 aromatic heterocycles. The molecule has 7 atom stereocenters. The fourth-order valence-corrected chi connectivity index (χ4v) is 9.14. The van der Waals surface area contributed by atoms with Gasteiger partial charge in [0.15, 0.2) is 0 Å². The predicted molar refractivity (Wildman–Crippen MR) is 177 cm³/mol. The van der Waals surface area contributed by atoms with Crippen LogP contribution in [-0.2, 0) is 25.3 Å². The molecule has 3 aliphatic carbocycles. The van der Waals surface area contributed by atoms with Gasteiger partial charge in [-0.3, -0.25) is 14.6 Å². The van der Waals surface area contributed by atoms with Crippen LogP contribution in [-0.4, -0.2) is 97.4 Å². The van der Waals surface area contributed by atoms with Crippen molar-refractivity contribution in [3.63, 3.8) is 0 Å². The number of rotatable bonds is 12. The van der Waals surface area contributed by atoms with Crippen molar-refractivity contribution >= 4 is 13.0 Å². The fourth-order valence-electron chi connectivity index (χ4n) is 9.14. The van der Waals surface area contributed by atoms with Crippen LogP contribution >= 0.6 is 0 Å². The summed E-state index contributed by atoms with van der Waals surface area (Å²) in [5.41, 5.74) is 0.592. The number of benzene rings is 1. The Hall–Kier alpha value is -2.10. The molecule has 7 rings (SSSR count). The number of carbonyl (C=O) groups excluding carboxylic acids is 1. The van der Waals surface area contributed by atoms with Gasteiger partial charge in [0.1, 0.15) is 0 Å². The molecule has 6 aliphatic rings. The van der Waals surface area contributed by atoms with E-state index in [-0.39, 0.29) is 60.4 Å². The van der Waals surface area contributed by atoms with E-state index < -0.39 is 18.6 Å². The normalized spacial score (nSPS) is 33.0. The fraction of sp³-hybridized carbons (Fsp3) is 0.778. The van der Waals surface area contributed by atoms with E-state index in [0.29, 0.717) is 63.9 Å². The van der Waals surface area contributed by atoms with Crippen molar-refractivity contribution in [3.05, 3.63) is 35.9 Å². The van der Waals surface area contributed by atoms with Gasteiger partial charge in [0.2, 0.25) is 5.91 Å². The Morgan fingerprint density at radius 1 is 1.19 bits per heavy atom. The zero-order chi connectivity index (χ0) is 33.6. The van der Waals surface area contributed by atoms with Crippen LogP contribution in [0, 0.1) is 34.5 Å². The zero-order valence-electron chi connectivity index (χ0n) is 28.9.